The third-order valence-corrected chi connectivity index (χ3v) is 4.74. The van der Waals surface area contributed by atoms with E-state index in [1.54, 1.807) is 6.07 Å². The van der Waals surface area contributed by atoms with Crippen molar-refractivity contribution in [3.8, 4) is 5.88 Å². The first-order valence-electron chi connectivity index (χ1n) is 9.94. The highest BCUT2D eigenvalue weighted by Crippen LogP contribution is 2.45. The van der Waals surface area contributed by atoms with E-state index in [1.165, 1.54) is 57.4 Å². The SMILES string of the molecule is C=C(C)C(/C=C/C)(COc1ccc(CNC(=O)c2ccnc(NC(C)=O)c2)cn1)C(F)(F)F. The Morgan fingerprint density at radius 1 is 1.18 bits per heavy atom. The molecule has 0 aliphatic carbocycles. The highest BCUT2D eigenvalue weighted by Gasteiger charge is 2.54. The molecule has 176 valence electrons. The Hall–Kier alpha value is -3.69. The molecule has 2 N–H and O–H groups in total. The van der Waals surface area contributed by atoms with Crippen LogP contribution < -0.4 is 15.4 Å². The summed E-state index contributed by atoms with van der Waals surface area (Å²) in [7, 11) is 0. The summed E-state index contributed by atoms with van der Waals surface area (Å²) in [5, 5.41) is 5.19. The quantitative estimate of drug-likeness (QED) is 0.538. The average molecular weight is 462 g/mol. The Bertz CT molecular complexity index is 1040. The van der Waals surface area contributed by atoms with Crippen LogP contribution in [0.3, 0.4) is 0 Å². The zero-order valence-corrected chi connectivity index (χ0v) is 18.5. The number of nitrogens with one attached hydrogen (secondary N) is 2. The normalized spacial score (nSPS) is 13.3. The van der Waals surface area contributed by atoms with Crippen molar-refractivity contribution in [2.45, 2.75) is 33.5 Å². The van der Waals surface area contributed by atoms with Crippen LogP contribution in [0.1, 0.15) is 36.7 Å². The Morgan fingerprint density at radius 2 is 1.91 bits per heavy atom. The van der Waals surface area contributed by atoms with Gasteiger partial charge in [0.25, 0.3) is 5.91 Å². The summed E-state index contributed by atoms with van der Waals surface area (Å²) < 4.78 is 46.5. The molecule has 0 aliphatic heterocycles. The zero-order valence-electron chi connectivity index (χ0n) is 18.5. The Labute approximate surface area is 189 Å². The van der Waals surface area contributed by atoms with E-state index in [-0.39, 0.29) is 29.7 Å². The lowest BCUT2D eigenvalue weighted by Crippen LogP contribution is -2.42. The monoisotopic (exact) mass is 462 g/mol. The van der Waals surface area contributed by atoms with Gasteiger partial charge >= 0.3 is 6.18 Å². The largest absolute Gasteiger partial charge is 0.476 e. The molecule has 10 heteroatoms. The topological polar surface area (TPSA) is 93.2 Å². The molecule has 0 saturated heterocycles. The van der Waals surface area contributed by atoms with Gasteiger partial charge in [-0.25, -0.2) is 9.97 Å². The van der Waals surface area contributed by atoms with Crippen molar-refractivity contribution < 1.29 is 27.5 Å². The van der Waals surface area contributed by atoms with E-state index in [0.29, 0.717) is 11.1 Å². The Kier molecular flexibility index (Phi) is 8.33. The van der Waals surface area contributed by atoms with Crippen LogP contribution in [0.4, 0.5) is 19.0 Å². The molecule has 0 radical (unpaired) electrons. The molecule has 2 aromatic heterocycles. The fourth-order valence-corrected chi connectivity index (χ4v) is 2.91. The van der Waals surface area contributed by atoms with E-state index >= 15 is 0 Å². The molecule has 2 rings (SSSR count). The van der Waals surface area contributed by atoms with Crippen LogP contribution in [0.5, 0.6) is 5.88 Å². The van der Waals surface area contributed by atoms with Gasteiger partial charge in [0, 0.05) is 37.5 Å². The highest BCUT2D eigenvalue weighted by atomic mass is 19.4. The van der Waals surface area contributed by atoms with E-state index < -0.39 is 24.1 Å². The van der Waals surface area contributed by atoms with Crippen LogP contribution >= 0.6 is 0 Å². The minimum absolute atomic E-state index is 0.0125. The van der Waals surface area contributed by atoms with Crippen LogP contribution in [0.25, 0.3) is 0 Å². The number of halogens is 3. The van der Waals surface area contributed by atoms with Crippen molar-refractivity contribution in [2.75, 3.05) is 11.9 Å². The Balaban J connectivity index is 2.01. The van der Waals surface area contributed by atoms with E-state index in [4.69, 9.17) is 4.74 Å². The first-order chi connectivity index (χ1) is 15.5. The van der Waals surface area contributed by atoms with Gasteiger partial charge in [-0.05, 0) is 31.5 Å². The standard InChI is InChI=1S/C23H25F3N4O3/c1-5-9-22(15(2)3,23(24,25)26)14-33-20-7-6-17(12-28-20)13-29-21(32)18-8-10-27-19(11-18)30-16(4)31/h5-12H,2,13-14H2,1,3-4H3,(H,29,32)(H,27,30,31)/b9-5+. The summed E-state index contributed by atoms with van der Waals surface area (Å²) >= 11 is 0. The van der Waals surface area contributed by atoms with E-state index in [1.807, 2.05) is 0 Å². The number of carbonyl (C=O) groups is 2. The highest BCUT2D eigenvalue weighted by molar-refractivity contribution is 5.96. The summed E-state index contributed by atoms with van der Waals surface area (Å²) in [5.41, 5.74) is -1.50. The number of allylic oxidation sites excluding steroid dienone is 1. The molecule has 0 fully saturated rings. The molecule has 0 spiro atoms. The maximum absolute atomic E-state index is 13.7. The van der Waals surface area contributed by atoms with Gasteiger partial charge < -0.3 is 15.4 Å². The molecular weight excluding hydrogens is 437 g/mol. The predicted molar refractivity (Wildman–Crippen MR) is 118 cm³/mol. The smallest absolute Gasteiger partial charge is 0.404 e. The lowest BCUT2D eigenvalue weighted by molar-refractivity contribution is -0.200. The molecule has 0 aliphatic rings. The number of carbonyl (C=O) groups excluding carboxylic acids is 2. The lowest BCUT2D eigenvalue weighted by Gasteiger charge is -2.33. The summed E-state index contributed by atoms with van der Waals surface area (Å²) in [5.74, 6) is -0.443. The molecule has 0 bridgehead atoms. The number of pyridine rings is 2. The molecule has 2 amide bonds. The van der Waals surface area contributed by atoms with Crippen molar-refractivity contribution in [3.05, 3.63) is 72.1 Å². The maximum atomic E-state index is 13.7. The number of alkyl halides is 3. The second kappa shape index (κ2) is 10.8. The van der Waals surface area contributed by atoms with Crippen molar-refractivity contribution >= 4 is 17.6 Å². The molecule has 1 atom stereocenters. The number of nitrogens with zero attached hydrogens (tertiary/aromatic N) is 2. The number of anilines is 1. The first-order valence-corrected chi connectivity index (χ1v) is 9.94. The van der Waals surface area contributed by atoms with Crippen molar-refractivity contribution in [2.24, 2.45) is 5.41 Å². The van der Waals surface area contributed by atoms with Crippen molar-refractivity contribution in [3.63, 3.8) is 0 Å². The summed E-state index contributed by atoms with van der Waals surface area (Å²) in [6.07, 6.45) is 0.550. The minimum Gasteiger partial charge on any atom is -0.476 e. The number of ether oxygens (including phenoxy) is 1. The van der Waals surface area contributed by atoms with Crippen molar-refractivity contribution in [1.82, 2.24) is 15.3 Å². The third-order valence-electron chi connectivity index (χ3n) is 4.74. The first kappa shape index (κ1) is 25.6. The minimum atomic E-state index is -4.58. The third kappa shape index (κ3) is 6.64. The lowest BCUT2D eigenvalue weighted by atomic mass is 9.81. The number of hydrogen-bond donors (Lipinski definition) is 2. The zero-order chi connectivity index (χ0) is 24.6. The van der Waals surface area contributed by atoms with Crippen LogP contribution in [0.15, 0.2) is 61.0 Å². The molecule has 0 saturated carbocycles. The van der Waals surface area contributed by atoms with Crippen LogP contribution in [-0.4, -0.2) is 34.6 Å². The van der Waals surface area contributed by atoms with Gasteiger partial charge in [0.15, 0.2) is 0 Å². The van der Waals surface area contributed by atoms with Gasteiger partial charge in [-0.2, -0.15) is 13.2 Å². The molecule has 0 aromatic carbocycles. The van der Waals surface area contributed by atoms with Gasteiger partial charge in [-0.15, -0.1) is 0 Å². The van der Waals surface area contributed by atoms with Gasteiger partial charge in [-0.1, -0.05) is 30.4 Å². The van der Waals surface area contributed by atoms with Crippen LogP contribution in [0.2, 0.25) is 0 Å². The summed E-state index contributed by atoms with van der Waals surface area (Å²) in [4.78, 5) is 31.4. The van der Waals surface area contributed by atoms with E-state index in [0.717, 1.165) is 6.08 Å². The molecule has 2 aromatic rings. The van der Waals surface area contributed by atoms with E-state index in [9.17, 15) is 22.8 Å². The molecule has 2 heterocycles. The van der Waals surface area contributed by atoms with Gasteiger partial charge in [0.05, 0.1) is 0 Å². The summed E-state index contributed by atoms with van der Waals surface area (Å²) in [6, 6.07) is 5.95. The maximum Gasteiger partial charge on any atom is 0.404 e. The van der Waals surface area contributed by atoms with Crippen molar-refractivity contribution in [1.29, 1.82) is 0 Å². The molecule has 1 unspecified atom stereocenters. The summed E-state index contributed by atoms with van der Waals surface area (Å²) in [6.45, 7) is 7.05. The predicted octanol–water partition coefficient (Wildman–Crippen LogP) is 4.44. The van der Waals surface area contributed by atoms with Crippen LogP contribution in [0, 0.1) is 5.41 Å². The van der Waals surface area contributed by atoms with Gasteiger partial charge in [0.2, 0.25) is 11.8 Å². The fraction of sp³-hybridized carbons (Fsp3) is 0.304. The second-order valence-electron chi connectivity index (χ2n) is 7.34. The number of hydrogen-bond acceptors (Lipinski definition) is 5. The van der Waals surface area contributed by atoms with Crippen LogP contribution in [-0.2, 0) is 11.3 Å². The number of amides is 2. The van der Waals surface area contributed by atoms with Gasteiger partial charge in [-0.3, -0.25) is 9.59 Å². The fourth-order valence-electron chi connectivity index (χ4n) is 2.91. The molecule has 7 nitrogen and oxygen atoms in total. The average Bonchev–Trinajstić information content (AvgIpc) is 2.74. The number of aromatic nitrogens is 2. The molecule has 33 heavy (non-hydrogen) atoms. The van der Waals surface area contributed by atoms with Gasteiger partial charge in [0.1, 0.15) is 17.8 Å². The Morgan fingerprint density at radius 3 is 2.45 bits per heavy atom. The second-order valence-corrected chi connectivity index (χ2v) is 7.34. The van der Waals surface area contributed by atoms with E-state index in [2.05, 4.69) is 27.2 Å². The number of rotatable bonds is 9. The molecular formula is C23H25F3N4O3.